The van der Waals surface area contributed by atoms with Gasteiger partial charge >= 0.3 is 0 Å². The van der Waals surface area contributed by atoms with Gasteiger partial charge in [0.05, 0.1) is 7.11 Å². The van der Waals surface area contributed by atoms with Crippen molar-refractivity contribution in [2.24, 2.45) is 0 Å². The summed E-state index contributed by atoms with van der Waals surface area (Å²) in [4.78, 5) is 0. The fourth-order valence-electron chi connectivity index (χ4n) is 2.57. The molecule has 3 aromatic rings. The lowest BCUT2D eigenvalue weighted by Gasteiger charge is -2.13. The Kier molecular flexibility index (Phi) is 5.42. The summed E-state index contributed by atoms with van der Waals surface area (Å²) in [5, 5.41) is 13.5. The van der Waals surface area contributed by atoms with Gasteiger partial charge in [0, 0.05) is 30.3 Å². The van der Waals surface area contributed by atoms with Crippen molar-refractivity contribution < 1.29 is 23.7 Å². The summed E-state index contributed by atoms with van der Waals surface area (Å²) < 4.78 is 21.4. The van der Waals surface area contributed by atoms with Gasteiger partial charge in [-0.15, -0.1) is 0 Å². The molecule has 2 N–H and O–H groups in total. The predicted molar refractivity (Wildman–Crippen MR) is 95.0 cm³/mol. The minimum absolute atomic E-state index is 0.110. The number of methoxy groups -OCH3 is 2. The van der Waals surface area contributed by atoms with Crippen LogP contribution in [0.15, 0.2) is 46.9 Å². The van der Waals surface area contributed by atoms with Crippen LogP contribution < -0.4 is 14.8 Å². The number of aliphatic hydroxyl groups is 1. The number of hydrogen-bond donors (Lipinski definition) is 2. The van der Waals surface area contributed by atoms with Crippen LogP contribution in [-0.4, -0.2) is 26.1 Å². The number of anilines is 1. The average molecular weight is 343 g/mol. The van der Waals surface area contributed by atoms with E-state index in [9.17, 15) is 0 Å². The summed E-state index contributed by atoms with van der Waals surface area (Å²) in [6.07, 6.45) is 0. The normalized spacial score (nSPS) is 10.8. The van der Waals surface area contributed by atoms with Gasteiger partial charge in [0.15, 0.2) is 6.79 Å². The van der Waals surface area contributed by atoms with Crippen molar-refractivity contribution >= 4 is 16.7 Å². The zero-order valence-corrected chi connectivity index (χ0v) is 14.2. The van der Waals surface area contributed by atoms with Crippen molar-refractivity contribution in [2.75, 3.05) is 26.3 Å². The third kappa shape index (κ3) is 4.04. The Hall–Kier alpha value is -2.70. The lowest BCUT2D eigenvalue weighted by atomic mass is 10.1. The van der Waals surface area contributed by atoms with Gasteiger partial charge in [0.2, 0.25) is 0 Å². The van der Waals surface area contributed by atoms with Gasteiger partial charge in [-0.1, -0.05) is 0 Å². The number of furan rings is 1. The second kappa shape index (κ2) is 7.92. The lowest BCUT2D eigenvalue weighted by molar-refractivity contribution is 0.0504. The number of fused-ring (bicyclic) bond motifs is 1. The summed E-state index contributed by atoms with van der Waals surface area (Å²) in [5.74, 6) is 2.05. The molecule has 0 aliphatic carbocycles. The van der Waals surface area contributed by atoms with E-state index in [0.717, 1.165) is 33.7 Å². The van der Waals surface area contributed by atoms with Gasteiger partial charge in [-0.3, -0.25) is 0 Å². The van der Waals surface area contributed by atoms with E-state index in [1.807, 2.05) is 42.5 Å². The van der Waals surface area contributed by atoms with Crippen LogP contribution in [0, 0.1) is 0 Å². The van der Waals surface area contributed by atoms with Gasteiger partial charge in [-0.25, -0.2) is 0 Å². The molecular weight excluding hydrogens is 322 g/mol. The summed E-state index contributed by atoms with van der Waals surface area (Å²) in [6.45, 7) is 0.637. The topological polar surface area (TPSA) is 73.1 Å². The number of rotatable bonds is 8. The summed E-state index contributed by atoms with van der Waals surface area (Å²) in [5.41, 5.74) is 2.65. The van der Waals surface area contributed by atoms with E-state index in [2.05, 4.69) is 5.32 Å². The van der Waals surface area contributed by atoms with Crippen molar-refractivity contribution in [1.82, 2.24) is 0 Å². The van der Waals surface area contributed by atoms with Gasteiger partial charge in [-0.2, -0.15) is 0 Å². The SMILES string of the molecule is COCOc1ccc(OC)cc1CNc1ccc2oc(CO)cc2c1. The Morgan fingerprint density at radius 3 is 2.72 bits per heavy atom. The van der Waals surface area contributed by atoms with Crippen LogP contribution >= 0.6 is 0 Å². The van der Waals surface area contributed by atoms with Crippen LogP contribution in [0.2, 0.25) is 0 Å². The standard InChI is InChI=1S/C19H21NO5/c1-22-12-24-18-6-4-16(23-2)9-14(18)10-20-15-3-5-19-13(7-15)8-17(11-21)25-19/h3-9,20-21H,10-12H2,1-2H3. The van der Waals surface area contributed by atoms with E-state index in [4.69, 9.17) is 23.7 Å². The Labute approximate surface area is 145 Å². The number of nitrogens with one attached hydrogen (secondary N) is 1. The molecule has 0 bridgehead atoms. The van der Waals surface area contributed by atoms with Gasteiger partial charge in [0.1, 0.15) is 29.4 Å². The number of aliphatic hydroxyl groups excluding tert-OH is 1. The van der Waals surface area contributed by atoms with E-state index in [-0.39, 0.29) is 13.4 Å². The van der Waals surface area contributed by atoms with E-state index in [0.29, 0.717) is 12.3 Å². The van der Waals surface area contributed by atoms with Crippen LogP contribution in [0.25, 0.3) is 11.0 Å². The largest absolute Gasteiger partial charge is 0.497 e. The number of hydrogen-bond acceptors (Lipinski definition) is 6. The highest BCUT2D eigenvalue weighted by Crippen LogP contribution is 2.27. The minimum atomic E-state index is -0.110. The molecule has 2 aromatic carbocycles. The smallest absolute Gasteiger partial charge is 0.188 e. The summed E-state index contributed by atoms with van der Waals surface area (Å²) in [7, 11) is 3.22. The van der Waals surface area contributed by atoms with Gasteiger partial charge in [0.25, 0.3) is 0 Å². The van der Waals surface area contributed by atoms with Crippen LogP contribution in [-0.2, 0) is 17.9 Å². The molecule has 1 aromatic heterocycles. The zero-order chi connectivity index (χ0) is 17.6. The first-order valence-electron chi connectivity index (χ1n) is 7.89. The van der Waals surface area contributed by atoms with E-state index < -0.39 is 0 Å². The highest BCUT2D eigenvalue weighted by atomic mass is 16.7. The molecule has 0 saturated carbocycles. The monoisotopic (exact) mass is 343 g/mol. The molecule has 0 amide bonds. The van der Waals surface area contributed by atoms with E-state index >= 15 is 0 Å². The maximum absolute atomic E-state index is 9.17. The first kappa shape index (κ1) is 17.1. The molecule has 3 rings (SSSR count). The Morgan fingerprint density at radius 1 is 1.08 bits per heavy atom. The molecule has 6 nitrogen and oxygen atoms in total. The zero-order valence-electron chi connectivity index (χ0n) is 14.2. The van der Waals surface area contributed by atoms with Crippen molar-refractivity contribution in [2.45, 2.75) is 13.2 Å². The number of benzene rings is 2. The molecular formula is C19H21NO5. The molecule has 0 unspecified atom stereocenters. The lowest BCUT2D eigenvalue weighted by Crippen LogP contribution is -2.05. The van der Waals surface area contributed by atoms with Crippen molar-refractivity contribution in [3.05, 3.63) is 53.8 Å². The second-order valence-electron chi connectivity index (χ2n) is 5.50. The third-order valence-corrected chi connectivity index (χ3v) is 3.81. The molecule has 0 radical (unpaired) electrons. The van der Waals surface area contributed by atoms with Crippen molar-refractivity contribution in [3.8, 4) is 11.5 Å². The molecule has 0 fully saturated rings. The first-order valence-corrected chi connectivity index (χ1v) is 7.89. The maximum atomic E-state index is 9.17. The van der Waals surface area contributed by atoms with Crippen LogP contribution in [0.1, 0.15) is 11.3 Å². The second-order valence-corrected chi connectivity index (χ2v) is 5.50. The Bertz CT molecular complexity index is 843. The molecule has 1 heterocycles. The quantitative estimate of drug-likeness (QED) is 0.610. The molecule has 0 aliphatic rings. The molecule has 0 saturated heterocycles. The minimum Gasteiger partial charge on any atom is -0.497 e. The molecule has 6 heteroatoms. The molecule has 132 valence electrons. The summed E-state index contributed by atoms with van der Waals surface area (Å²) >= 11 is 0. The predicted octanol–water partition coefficient (Wildman–Crippen LogP) is 3.53. The van der Waals surface area contributed by atoms with E-state index in [1.54, 1.807) is 14.2 Å². The first-order chi connectivity index (χ1) is 12.2. The summed E-state index contributed by atoms with van der Waals surface area (Å²) in [6, 6.07) is 13.3. The maximum Gasteiger partial charge on any atom is 0.188 e. The number of ether oxygens (including phenoxy) is 3. The van der Waals surface area contributed by atoms with Crippen LogP contribution in [0.5, 0.6) is 11.5 Å². The van der Waals surface area contributed by atoms with Crippen LogP contribution in [0.4, 0.5) is 5.69 Å². The Balaban J connectivity index is 1.77. The van der Waals surface area contributed by atoms with Crippen molar-refractivity contribution in [3.63, 3.8) is 0 Å². The van der Waals surface area contributed by atoms with Crippen molar-refractivity contribution in [1.29, 1.82) is 0 Å². The third-order valence-electron chi connectivity index (χ3n) is 3.81. The highest BCUT2D eigenvalue weighted by Gasteiger charge is 2.08. The molecule has 0 atom stereocenters. The fraction of sp³-hybridized carbons (Fsp3) is 0.263. The highest BCUT2D eigenvalue weighted by molar-refractivity contribution is 5.81. The fourth-order valence-corrected chi connectivity index (χ4v) is 2.57. The molecule has 0 spiro atoms. The molecule has 25 heavy (non-hydrogen) atoms. The Morgan fingerprint density at radius 2 is 1.96 bits per heavy atom. The average Bonchev–Trinajstić information content (AvgIpc) is 3.07. The van der Waals surface area contributed by atoms with Crippen LogP contribution in [0.3, 0.4) is 0 Å². The molecule has 0 aliphatic heterocycles. The van der Waals surface area contributed by atoms with Gasteiger partial charge < -0.3 is 29.1 Å². The van der Waals surface area contributed by atoms with E-state index in [1.165, 1.54) is 0 Å². The van der Waals surface area contributed by atoms with Gasteiger partial charge in [-0.05, 0) is 42.5 Å².